The quantitative estimate of drug-likeness (QED) is 0.347. The number of carbonyl (C=O) groups is 1. The van der Waals surface area contributed by atoms with Gasteiger partial charge in [0.2, 0.25) is 0 Å². The molecule has 11 heavy (non-hydrogen) atoms. The molecule has 0 aliphatic rings. The number of hydrogen-bond donors (Lipinski definition) is 3. The molecule has 0 rings (SSSR count). The molecular formula is C3H9CaNO5S. The summed E-state index contributed by atoms with van der Waals surface area (Å²) in [4.78, 5) is 9.88. The van der Waals surface area contributed by atoms with Crippen molar-refractivity contribution in [3.8, 4) is 0 Å². The van der Waals surface area contributed by atoms with E-state index in [1.54, 1.807) is 0 Å². The third-order valence-electron chi connectivity index (χ3n) is 0.707. The van der Waals surface area contributed by atoms with Crippen molar-refractivity contribution in [1.29, 1.82) is 0 Å². The van der Waals surface area contributed by atoms with Gasteiger partial charge in [-0.15, -0.1) is 0 Å². The Morgan fingerprint density at radius 1 is 1.55 bits per heavy atom. The van der Waals surface area contributed by atoms with Gasteiger partial charge in [0, 0.05) is 0 Å². The Labute approximate surface area is 93.5 Å². The molecule has 0 bridgehead atoms. The summed E-state index contributed by atoms with van der Waals surface area (Å²) in [6.07, 6.45) is 0. The Hall–Kier alpha value is 0.600. The van der Waals surface area contributed by atoms with E-state index in [9.17, 15) is 13.2 Å². The van der Waals surface area contributed by atoms with Crippen molar-refractivity contribution >= 4 is 53.8 Å². The standard InChI is InChI=1S/C3H7NO5S.Ca.2H/c4-2(3(5)6)1-10(7,8)9;;;/h2H,1,4H2,(H,5,6)(H,7,8,9);;;/t2-;;;/m1.../s1. The topological polar surface area (TPSA) is 118 Å². The summed E-state index contributed by atoms with van der Waals surface area (Å²) >= 11 is 0. The van der Waals surface area contributed by atoms with Gasteiger partial charge in [0.25, 0.3) is 10.1 Å². The van der Waals surface area contributed by atoms with Crippen LogP contribution in [0.5, 0.6) is 0 Å². The van der Waals surface area contributed by atoms with Crippen LogP contribution < -0.4 is 5.73 Å². The molecule has 0 aliphatic heterocycles. The van der Waals surface area contributed by atoms with Crippen molar-refractivity contribution in [3.05, 3.63) is 0 Å². The minimum absolute atomic E-state index is 0. The number of carboxylic acid groups (broad SMARTS) is 1. The molecule has 0 heterocycles. The summed E-state index contributed by atoms with van der Waals surface area (Å²) in [5, 5.41) is 8.04. The molecule has 0 spiro atoms. The van der Waals surface area contributed by atoms with Gasteiger partial charge < -0.3 is 10.8 Å². The van der Waals surface area contributed by atoms with E-state index < -0.39 is 27.9 Å². The van der Waals surface area contributed by atoms with Crippen LogP contribution in [0.2, 0.25) is 0 Å². The van der Waals surface area contributed by atoms with E-state index >= 15 is 0 Å². The van der Waals surface area contributed by atoms with Crippen molar-refractivity contribution < 1.29 is 22.9 Å². The van der Waals surface area contributed by atoms with E-state index in [-0.39, 0.29) is 37.7 Å². The van der Waals surface area contributed by atoms with Crippen molar-refractivity contribution in [2.24, 2.45) is 5.73 Å². The molecule has 1 atom stereocenters. The second-order valence-electron chi connectivity index (χ2n) is 1.69. The Balaban J connectivity index is 0. The molecule has 0 aromatic rings. The van der Waals surface area contributed by atoms with Crippen molar-refractivity contribution in [2.45, 2.75) is 6.04 Å². The average Bonchev–Trinajstić information content (AvgIpc) is 1.60. The van der Waals surface area contributed by atoms with Crippen LogP contribution >= 0.6 is 0 Å². The zero-order valence-corrected chi connectivity index (χ0v) is 5.71. The second-order valence-corrected chi connectivity index (χ2v) is 3.19. The molecule has 0 saturated heterocycles. The van der Waals surface area contributed by atoms with Crippen LogP contribution in [0.3, 0.4) is 0 Å². The van der Waals surface area contributed by atoms with Crippen LogP contribution in [-0.4, -0.2) is 73.6 Å². The Morgan fingerprint density at radius 3 is 2.00 bits per heavy atom. The van der Waals surface area contributed by atoms with E-state index in [2.05, 4.69) is 0 Å². The first-order chi connectivity index (χ1) is 4.33. The van der Waals surface area contributed by atoms with Crippen LogP contribution in [-0.2, 0) is 14.9 Å². The molecule has 0 fully saturated rings. The summed E-state index contributed by atoms with van der Waals surface area (Å²) in [7, 11) is -4.27. The summed E-state index contributed by atoms with van der Waals surface area (Å²) in [6.45, 7) is 0. The van der Waals surface area contributed by atoms with Crippen LogP contribution in [0.15, 0.2) is 0 Å². The minimum atomic E-state index is -4.27. The molecular weight excluding hydrogens is 202 g/mol. The van der Waals surface area contributed by atoms with Gasteiger partial charge in [-0.05, 0) is 0 Å². The van der Waals surface area contributed by atoms with E-state index in [4.69, 9.17) is 15.4 Å². The second kappa shape index (κ2) is 5.28. The van der Waals surface area contributed by atoms with E-state index in [0.717, 1.165) is 0 Å². The molecule has 0 aliphatic carbocycles. The van der Waals surface area contributed by atoms with Crippen molar-refractivity contribution in [1.82, 2.24) is 0 Å². The number of aliphatic carboxylic acids is 1. The molecule has 0 aromatic heterocycles. The summed E-state index contributed by atoms with van der Waals surface area (Å²) in [5.74, 6) is -2.42. The van der Waals surface area contributed by atoms with Crippen LogP contribution in [0.1, 0.15) is 0 Å². The zero-order chi connectivity index (χ0) is 8.36. The van der Waals surface area contributed by atoms with Crippen LogP contribution in [0.25, 0.3) is 0 Å². The van der Waals surface area contributed by atoms with Crippen molar-refractivity contribution in [3.63, 3.8) is 0 Å². The number of hydrogen-bond acceptors (Lipinski definition) is 4. The molecule has 0 radical (unpaired) electrons. The molecule has 0 aromatic carbocycles. The Bertz CT molecular complexity index is 224. The van der Waals surface area contributed by atoms with E-state index in [1.165, 1.54) is 0 Å². The van der Waals surface area contributed by atoms with Gasteiger partial charge in [0.05, 0.1) is 0 Å². The summed E-state index contributed by atoms with van der Waals surface area (Å²) in [5.41, 5.74) is 4.76. The number of rotatable bonds is 3. The third kappa shape index (κ3) is 8.51. The maximum absolute atomic E-state index is 9.96. The molecule has 0 amide bonds. The van der Waals surface area contributed by atoms with Gasteiger partial charge in [-0.2, -0.15) is 8.42 Å². The number of nitrogens with two attached hydrogens (primary N) is 1. The van der Waals surface area contributed by atoms with Gasteiger partial charge in [-0.1, -0.05) is 0 Å². The molecule has 0 unspecified atom stereocenters. The average molecular weight is 211 g/mol. The first kappa shape index (κ1) is 14.1. The molecule has 64 valence electrons. The Kier molecular flexibility index (Phi) is 6.79. The predicted octanol–water partition coefficient (Wildman–Crippen LogP) is -2.63. The molecule has 0 saturated carbocycles. The number of carboxylic acids is 1. The van der Waals surface area contributed by atoms with Gasteiger partial charge in [0.1, 0.15) is 11.8 Å². The van der Waals surface area contributed by atoms with Crippen molar-refractivity contribution in [2.75, 3.05) is 5.75 Å². The summed E-state index contributed by atoms with van der Waals surface area (Å²) in [6, 6.07) is -1.56. The Morgan fingerprint density at radius 2 is 1.91 bits per heavy atom. The third-order valence-corrected chi connectivity index (χ3v) is 1.49. The molecule has 8 heteroatoms. The maximum atomic E-state index is 9.96. The fraction of sp³-hybridized carbons (Fsp3) is 0.667. The molecule has 4 N–H and O–H groups in total. The van der Waals surface area contributed by atoms with Gasteiger partial charge in [0.15, 0.2) is 0 Å². The fourth-order valence-electron chi connectivity index (χ4n) is 0.298. The normalized spacial score (nSPS) is 13.3. The van der Waals surface area contributed by atoms with Gasteiger partial charge in [-0.25, -0.2) is 0 Å². The molecule has 6 nitrogen and oxygen atoms in total. The van der Waals surface area contributed by atoms with Crippen LogP contribution in [0, 0.1) is 0 Å². The SMILES string of the molecule is N[C@H](CS(=O)(=O)O)C(=O)O.[CaH2]. The predicted molar refractivity (Wildman–Crippen MR) is 40.6 cm³/mol. The fourth-order valence-corrected chi connectivity index (χ4v) is 0.895. The first-order valence-corrected chi connectivity index (χ1v) is 3.87. The summed E-state index contributed by atoms with van der Waals surface area (Å²) < 4.78 is 28.0. The van der Waals surface area contributed by atoms with E-state index in [1.807, 2.05) is 0 Å². The monoisotopic (exact) mass is 211 g/mol. The zero-order valence-electron chi connectivity index (χ0n) is 4.89. The van der Waals surface area contributed by atoms with Crippen LogP contribution in [0.4, 0.5) is 0 Å². The van der Waals surface area contributed by atoms with E-state index in [0.29, 0.717) is 0 Å². The van der Waals surface area contributed by atoms with Gasteiger partial charge in [-0.3, -0.25) is 9.35 Å². The first-order valence-electron chi connectivity index (χ1n) is 2.26. The van der Waals surface area contributed by atoms with Gasteiger partial charge >= 0.3 is 43.7 Å².